The van der Waals surface area contributed by atoms with Crippen LogP contribution in [0.25, 0.3) is 0 Å². The molecule has 0 radical (unpaired) electrons. The van der Waals surface area contributed by atoms with Gasteiger partial charge in [-0.2, -0.15) is 0 Å². The van der Waals surface area contributed by atoms with Crippen molar-refractivity contribution in [3.63, 3.8) is 0 Å². The summed E-state index contributed by atoms with van der Waals surface area (Å²) >= 11 is 0. The Hall–Kier alpha value is -0.610. The van der Waals surface area contributed by atoms with Gasteiger partial charge in [0.1, 0.15) is 6.04 Å². The minimum Gasteiger partial charge on any atom is -0.468 e. The van der Waals surface area contributed by atoms with Crippen LogP contribution in [-0.2, 0) is 9.53 Å². The van der Waals surface area contributed by atoms with Gasteiger partial charge in [-0.25, -0.2) is 0 Å². The van der Waals surface area contributed by atoms with Crippen LogP contribution in [0.5, 0.6) is 0 Å². The van der Waals surface area contributed by atoms with E-state index in [4.69, 9.17) is 4.74 Å². The standard InChI is InChI=1S/C12H23NO3/c1-8(2)11(12(15)16-3)13-9-6-4-5-7-10(9)14/h8-11,13-14H,4-7H2,1-3H3/t9-,10-,11?/m1/s1. The Labute approximate surface area is 97.4 Å². The van der Waals surface area contributed by atoms with Gasteiger partial charge in [0.15, 0.2) is 0 Å². The van der Waals surface area contributed by atoms with Crippen molar-refractivity contribution in [3.05, 3.63) is 0 Å². The second-order valence-corrected chi connectivity index (χ2v) is 4.87. The molecule has 1 rings (SSSR count). The third-order valence-electron chi connectivity index (χ3n) is 3.24. The number of carbonyl (C=O) groups is 1. The van der Waals surface area contributed by atoms with Gasteiger partial charge >= 0.3 is 5.97 Å². The molecule has 0 saturated heterocycles. The minimum atomic E-state index is -0.334. The fraction of sp³-hybridized carbons (Fsp3) is 0.917. The highest BCUT2D eigenvalue weighted by molar-refractivity contribution is 5.76. The van der Waals surface area contributed by atoms with Crippen LogP contribution in [0.2, 0.25) is 0 Å². The number of carbonyl (C=O) groups excluding carboxylic acids is 1. The van der Waals surface area contributed by atoms with Crippen molar-refractivity contribution in [2.75, 3.05) is 7.11 Å². The average molecular weight is 229 g/mol. The highest BCUT2D eigenvalue weighted by atomic mass is 16.5. The summed E-state index contributed by atoms with van der Waals surface area (Å²) in [6, 6.07) is -0.289. The van der Waals surface area contributed by atoms with E-state index in [0.717, 1.165) is 25.7 Å². The first-order valence-corrected chi connectivity index (χ1v) is 6.08. The number of methoxy groups -OCH3 is 1. The first-order valence-electron chi connectivity index (χ1n) is 6.08. The number of rotatable bonds is 4. The molecule has 0 aromatic heterocycles. The Morgan fingerprint density at radius 1 is 1.38 bits per heavy atom. The molecule has 0 heterocycles. The molecule has 0 aromatic carbocycles. The van der Waals surface area contributed by atoms with E-state index in [1.807, 2.05) is 13.8 Å². The Morgan fingerprint density at radius 2 is 2.00 bits per heavy atom. The van der Waals surface area contributed by atoms with Gasteiger partial charge in [0.2, 0.25) is 0 Å². The lowest BCUT2D eigenvalue weighted by Crippen LogP contribution is -2.52. The van der Waals surface area contributed by atoms with Crippen molar-refractivity contribution >= 4 is 5.97 Å². The van der Waals surface area contributed by atoms with Crippen LogP contribution in [-0.4, -0.2) is 36.4 Å². The Balaban J connectivity index is 2.56. The zero-order valence-corrected chi connectivity index (χ0v) is 10.4. The summed E-state index contributed by atoms with van der Waals surface area (Å²) in [6.07, 6.45) is 3.61. The lowest BCUT2D eigenvalue weighted by atomic mass is 9.91. The van der Waals surface area contributed by atoms with Gasteiger partial charge in [-0.3, -0.25) is 10.1 Å². The fourth-order valence-electron chi connectivity index (χ4n) is 2.20. The molecular formula is C12H23NO3. The van der Waals surface area contributed by atoms with Crippen molar-refractivity contribution in [1.82, 2.24) is 5.32 Å². The maximum absolute atomic E-state index is 11.6. The number of nitrogens with one attached hydrogen (secondary N) is 1. The van der Waals surface area contributed by atoms with Crippen molar-refractivity contribution in [1.29, 1.82) is 0 Å². The molecule has 16 heavy (non-hydrogen) atoms. The molecule has 0 amide bonds. The number of esters is 1. The van der Waals surface area contributed by atoms with E-state index in [1.165, 1.54) is 7.11 Å². The van der Waals surface area contributed by atoms with E-state index in [9.17, 15) is 9.90 Å². The second-order valence-electron chi connectivity index (χ2n) is 4.87. The average Bonchev–Trinajstić information content (AvgIpc) is 2.26. The predicted molar refractivity (Wildman–Crippen MR) is 62.0 cm³/mol. The van der Waals surface area contributed by atoms with E-state index >= 15 is 0 Å². The maximum Gasteiger partial charge on any atom is 0.323 e. The van der Waals surface area contributed by atoms with Gasteiger partial charge < -0.3 is 9.84 Å². The summed E-state index contributed by atoms with van der Waals surface area (Å²) < 4.78 is 4.77. The molecule has 0 spiro atoms. The molecule has 1 fully saturated rings. The minimum absolute atomic E-state index is 0.0280. The van der Waals surface area contributed by atoms with Gasteiger partial charge in [-0.15, -0.1) is 0 Å². The summed E-state index contributed by atoms with van der Waals surface area (Å²) in [7, 11) is 1.40. The van der Waals surface area contributed by atoms with Crippen molar-refractivity contribution in [2.45, 2.75) is 57.7 Å². The Bertz CT molecular complexity index is 230. The highest BCUT2D eigenvalue weighted by Gasteiger charge is 2.30. The molecule has 1 saturated carbocycles. The zero-order chi connectivity index (χ0) is 12.1. The third-order valence-corrected chi connectivity index (χ3v) is 3.24. The normalized spacial score (nSPS) is 27.8. The van der Waals surface area contributed by atoms with E-state index in [0.29, 0.717) is 0 Å². The van der Waals surface area contributed by atoms with Crippen LogP contribution in [0.4, 0.5) is 0 Å². The number of aliphatic hydroxyl groups is 1. The lowest BCUT2D eigenvalue weighted by molar-refractivity contribution is -0.145. The second kappa shape index (κ2) is 6.21. The molecule has 0 bridgehead atoms. The monoisotopic (exact) mass is 229 g/mol. The molecule has 2 N–H and O–H groups in total. The Morgan fingerprint density at radius 3 is 2.50 bits per heavy atom. The van der Waals surface area contributed by atoms with Gasteiger partial charge in [-0.1, -0.05) is 26.7 Å². The quantitative estimate of drug-likeness (QED) is 0.708. The third kappa shape index (κ3) is 3.46. The first-order chi connectivity index (χ1) is 7.56. The van der Waals surface area contributed by atoms with E-state index in [2.05, 4.69) is 5.32 Å². The lowest BCUT2D eigenvalue weighted by Gasteiger charge is -2.32. The molecular weight excluding hydrogens is 206 g/mol. The molecule has 1 aliphatic carbocycles. The van der Waals surface area contributed by atoms with Crippen LogP contribution in [0.3, 0.4) is 0 Å². The van der Waals surface area contributed by atoms with Gasteiger partial charge in [0, 0.05) is 6.04 Å². The molecule has 1 aliphatic rings. The number of hydrogen-bond acceptors (Lipinski definition) is 4. The van der Waals surface area contributed by atoms with Gasteiger partial charge in [-0.05, 0) is 18.8 Å². The molecule has 1 unspecified atom stereocenters. The number of ether oxygens (including phenoxy) is 1. The summed E-state index contributed by atoms with van der Waals surface area (Å²) in [5.74, 6) is -0.0747. The van der Waals surface area contributed by atoms with Crippen LogP contribution in [0.15, 0.2) is 0 Å². The van der Waals surface area contributed by atoms with E-state index in [-0.39, 0.29) is 30.1 Å². The molecule has 3 atom stereocenters. The summed E-state index contributed by atoms with van der Waals surface area (Å²) in [5, 5.41) is 13.1. The van der Waals surface area contributed by atoms with E-state index in [1.54, 1.807) is 0 Å². The van der Waals surface area contributed by atoms with Crippen LogP contribution in [0, 0.1) is 5.92 Å². The topological polar surface area (TPSA) is 58.6 Å². The molecule has 4 nitrogen and oxygen atoms in total. The summed E-state index contributed by atoms with van der Waals surface area (Å²) in [6.45, 7) is 3.95. The largest absolute Gasteiger partial charge is 0.468 e. The molecule has 4 heteroatoms. The van der Waals surface area contributed by atoms with E-state index < -0.39 is 0 Å². The number of hydrogen-bond donors (Lipinski definition) is 2. The summed E-state index contributed by atoms with van der Waals surface area (Å²) in [5.41, 5.74) is 0. The van der Waals surface area contributed by atoms with Crippen LogP contribution >= 0.6 is 0 Å². The Kier molecular flexibility index (Phi) is 5.22. The maximum atomic E-state index is 11.6. The first kappa shape index (κ1) is 13.5. The van der Waals surface area contributed by atoms with Crippen molar-refractivity contribution in [3.8, 4) is 0 Å². The van der Waals surface area contributed by atoms with Gasteiger partial charge in [0.05, 0.1) is 13.2 Å². The van der Waals surface area contributed by atoms with Crippen LogP contribution < -0.4 is 5.32 Å². The highest BCUT2D eigenvalue weighted by Crippen LogP contribution is 2.20. The fourth-order valence-corrected chi connectivity index (χ4v) is 2.20. The molecule has 0 aliphatic heterocycles. The van der Waals surface area contributed by atoms with Gasteiger partial charge in [0.25, 0.3) is 0 Å². The molecule has 94 valence electrons. The smallest absolute Gasteiger partial charge is 0.323 e. The summed E-state index contributed by atoms with van der Waals surface area (Å²) in [4.78, 5) is 11.6. The predicted octanol–water partition coefficient (Wildman–Crippen LogP) is 1.08. The van der Waals surface area contributed by atoms with Crippen molar-refractivity contribution in [2.24, 2.45) is 5.92 Å². The SMILES string of the molecule is COC(=O)C(N[C@@H]1CCCC[C@H]1O)C(C)C. The zero-order valence-electron chi connectivity index (χ0n) is 10.4. The molecule has 0 aromatic rings. The van der Waals surface area contributed by atoms with Crippen LogP contribution in [0.1, 0.15) is 39.5 Å². The van der Waals surface area contributed by atoms with Crippen molar-refractivity contribution < 1.29 is 14.6 Å². The number of aliphatic hydroxyl groups excluding tert-OH is 1.